The maximum Gasteiger partial charge on any atom is 0.416 e. The molecule has 0 fully saturated rings. The van der Waals surface area contributed by atoms with Gasteiger partial charge in [0.25, 0.3) is 0 Å². The van der Waals surface area contributed by atoms with Crippen LogP contribution in [0.25, 0.3) is 11.3 Å². The van der Waals surface area contributed by atoms with Crippen LogP contribution in [0.5, 0.6) is 11.5 Å². The molecule has 31 heavy (non-hydrogen) atoms. The number of hydrogen-bond acceptors (Lipinski definition) is 3. The van der Waals surface area contributed by atoms with Crippen molar-refractivity contribution in [3.8, 4) is 22.8 Å². The Morgan fingerprint density at radius 1 is 0.839 bits per heavy atom. The van der Waals surface area contributed by atoms with E-state index in [4.69, 9.17) is 9.15 Å². The molecule has 0 aliphatic heterocycles. The third-order valence-electron chi connectivity index (χ3n) is 4.57. The number of hydrogen-bond donors (Lipinski definition) is 1. The van der Waals surface area contributed by atoms with Gasteiger partial charge in [-0.25, -0.2) is 4.39 Å². The fourth-order valence-corrected chi connectivity index (χ4v) is 3.05. The zero-order valence-electron chi connectivity index (χ0n) is 16.1. The van der Waals surface area contributed by atoms with Gasteiger partial charge in [-0.2, -0.15) is 13.2 Å². The molecule has 158 valence electrons. The first-order valence-corrected chi connectivity index (χ1v) is 9.40. The standard InChI is InChI=1S/C24H17F4NO2/c25-22-10-9-18(24(26,27)28)12-17(22)15-29-19-5-2-7-21(14-19)31-20-6-1-4-16(13-20)23-8-3-11-30-23/h1-14,29H,15H2. The van der Waals surface area contributed by atoms with Crippen LogP contribution < -0.4 is 10.1 Å². The van der Waals surface area contributed by atoms with E-state index in [1.165, 1.54) is 0 Å². The topological polar surface area (TPSA) is 34.4 Å². The summed E-state index contributed by atoms with van der Waals surface area (Å²) in [6, 6.07) is 20.2. The third kappa shape index (κ3) is 5.06. The fourth-order valence-electron chi connectivity index (χ4n) is 3.05. The van der Waals surface area contributed by atoms with Crippen molar-refractivity contribution in [3.05, 3.63) is 102 Å². The van der Waals surface area contributed by atoms with Gasteiger partial charge in [0.2, 0.25) is 0 Å². The molecule has 3 aromatic carbocycles. The molecular weight excluding hydrogens is 410 g/mol. The van der Waals surface area contributed by atoms with Crippen LogP contribution in [-0.2, 0) is 12.7 Å². The van der Waals surface area contributed by atoms with E-state index < -0.39 is 17.6 Å². The molecule has 0 amide bonds. The summed E-state index contributed by atoms with van der Waals surface area (Å²) in [5.41, 5.74) is 0.472. The van der Waals surface area contributed by atoms with Crippen LogP contribution in [0.2, 0.25) is 0 Å². The predicted octanol–water partition coefficient (Wildman–Crippen LogP) is 7.51. The van der Waals surface area contributed by atoms with Crippen LogP contribution in [0.4, 0.5) is 23.2 Å². The number of ether oxygens (including phenoxy) is 1. The third-order valence-corrected chi connectivity index (χ3v) is 4.57. The number of halogens is 4. The quantitative estimate of drug-likeness (QED) is 0.323. The predicted molar refractivity (Wildman–Crippen MR) is 109 cm³/mol. The maximum atomic E-state index is 13.9. The molecule has 4 aromatic rings. The Kier molecular flexibility index (Phi) is 5.66. The molecule has 1 aromatic heterocycles. The van der Waals surface area contributed by atoms with Crippen LogP contribution in [0.3, 0.4) is 0 Å². The van der Waals surface area contributed by atoms with E-state index in [1.54, 1.807) is 42.7 Å². The van der Waals surface area contributed by atoms with Crippen LogP contribution in [-0.4, -0.2) is 0 Å². The summed E-state index contributed by atoms with van der Waals surface area (Å²) in [4.78, 5) is 0. The average molecular weight is 427 g/mol. The van der Waals surface area contributed by atoms with Crippen molar-refractivity contribution in [3.63, 3.8) is 0 Å². The summed E-state index contributed by atoms with van der Waals surface area (Å²) >= 11 is 0. The van der Waals surface area contributed by atoms with Crippen molar-refractivity contribution in [2.24, 2.45) is 0 Å². The molecule has 0 saturated carbocycles. The summed E-state index contributed by atoms with van der Waals surface area (Å²) < 4.78 is 63.9. The summed E-state index contributed by atoms with van der Waals surface area (Å²) in [6.07, 6.45) is -2.94. The molecule has 0 spiro atoms. The van der Waals surface area contributed by atoms with E-state index in [-0.39, 0.29) is 12.1 Å². The van der Waals surface area contributed by atoms with Crippen molar-refractivity contribution in [1.82, 2.24) is 0 Å². The van der Waals surface area contributed by atoms with Crippen LogP contribution >= 0.6 is 0 Å². The number of benzene rings is 3. The van der Waals surface area contributed by atoms with Gasteiger partial charge in [-0.15, -0.1) is 0 Å². The second kappa shape index (κ2) is 8.55. The van der Waals surface area contributed by atoms with Crippen LogP contribution in [0.1, 0.15) is 11.1 Å². The Morgan fingerprint density at radius 3 is 2.35 bits per heavy atom. The zero-order chi connectivity index (χ0) is 21.8. The first-order chi connectivity index (χ1) is 14.9. The summed E-state index contributed by atoms with van der Waals surface area (Å²) in [6.45, 7) is -0.104. The van der Waals surface area contributed by atoms with Gasteiger partial charge < -0.3 is 14.5 Å². The zero-order valence-corrected chi connectivity index (χ0v) is 16.1. The van der Waals surface area contributed by atoms with Crippen molar-refractivity contribution in [2.75, 3.05) is 5.32 Å². The molecule has 1 N–H and O–H groups in total. The molecule has 0 unspecified atom stereocenters. The molecule has 4 rings (SSSR count). The average Bonchev–Trinajstić information content (AvgIpc) is 3.28. The lowest BCUT2D eigenvalue weighted by atomic mass is 10.1. The minimum atomic E-state index is -4.53. The van der Waals surface area contributed by atoms with Gasteiger partial charge in [0.15, 0.2) is 0 Å². The molecule has 7 heteroatoms. The highest BCUT2D eigenvalue weighted by Crippen LogP contribution is 2.31. The van der Waals surface area contributed by atoms with Crippen LogP contribution in [0, 0.1) is 5.82 Å². The number of nitrogens with one attached hydrogen (secondary N) is 1. The number of anilines is 1. The minimum Gasteiger partial charge on any atom is -0.464 e. The molecule has 0 atom stereocenters. The molecule has 0 saturated heterocycles. The van der Waals surface area contributed by atoms with Crippen molar-refractivity contribution < 1.29 is 26.7 Å². The largest absolute Gasteiger partial charge is 0.464 e. The van der Waals surface area contributed by atoms with Gasteiger partial charge in [0, 0.05) is 29.4 Å². The van der Waals surface area contributed by atoms with E-state index in [1.807, 2.05) is 24.3 Å². The minimum absolute atomic E-state index is 0.0766. The van der Waals surface area contributed by atoms with Gasteiger partial charge in [0.05, 0.1) is 11.8 Å². The Balaban J connectivity index is 1.47. The van der Waals surface area contributed by atoms with Gasteiger partial charge in [0.1, 0.15) is 23.1 Å². The van der Waals surface area contributed by atoms with Crippen molar-refractivity contribution in [2.45, 2.75) is 12.7 Å². The molecular formula is C24H17F4NO2. The van der Waals surface area contributed by atoms with Gasteiger partial charge in [-0.1, -0.05) is 18.2 Å². The second-order valence-electron chi connectivity index (χ2n) is 6.79. The SMILES string of the molecule is Fc1ccc(C(F)(F)F)cc1CNc1cccc(Oc2cccc(-c3ccco3)c2)c1. The lowest BCUT2D eigenvalue weighted by Crippen LogP contribution is -2.08. The van der Waals surface area contributed by atoms with Crippen molar-refractivity contribution in [1.29, 1.82) is 0 Å². The highest BCUT2D eigenvalue weighted by molar-refractivity contribution is 5.60. The molecule has 0 aliphatic rings. The first kappa shape index (κ1) is 20.5. The van der Waals surface area contributed by atoms with Gasteiger partial charge >= 0.3 is 6.18 Å². The molecule has 0 bridgehead atoms. The molecule has 3 nitrogen and oxygen atoms in total. The maximum absolute atomic E-state index is 13.9. The number of rotatable bonds is 6. The van der Waals surface area contributed by atoms with Gasteiger partial charge in [-0.05, 0) is 54.6 Å². The van der Waals surface area contributed by atoms with E-state index >= 15 is 0 Å². The normalized spacial score (nSPS) is 11.4. The van der Waals surface area contributed by atoms with Gasteiger partial charge in [-0.3, -0.25) is 0 Å². The monoisotopic (exact) mass is 427 g/mol. The van der Waals surface area contributed by atoms with E-state index in [0.29, 0.717) is 22.9 Å². The second-order valence-corrected chi connectivity index (χ2v) is 6.79. The lowest BCUT2D eigenvalue weighted by molar-refractivity contribution is -0.137. The Labute approximate surface area is 175 Å². The molecule has 0 radical (unpaired) electrons. The number of alkyl halides is 3. The Bertz CT molecular complexity index is 1170. The number of furan rings is 1. The lowest BCUT2D eigenvalue weighted by Gasteiger charge is -2.12. The van der Waals surface area contributed by atoms with Crippen LogP contribution in [0.15, 0.2) is 89.5 Å². The smallest absolute Gasteiger partial charge is 0.416 e. The van der Waals surface area contributed by atoms with E-state index in [2.05, 4.69) is 5.32 Å². The summed E-state index contributed by atoms with van der Waals surface area (Å²) in [5, 5.41) is 2.94. The highest BCUT2D eigenvalue weighted by atomic mass is 19.4. The van der Waals surface area contributed by atoms with E-state index in [0.717, 1.165) is 23.8 Å². The molecule has 0 aliphatic carbocycles. The fraction of sp³-hybridized carbons (Fsp3) is 0.0833. The summed E-state index contributed by atoms with van der Waals surface area (Å²) in [7, 11) is 0. The first-order valence-electron chi connectivity index (χ1n) is 9.40. The Morgan fingerprint density at radius 2 is 1.61 bits per heavy atom. The molecule has 1 heterocycles. The highest BCUT2D eigenvalue weighted by Gasteiger charge is 2.31. The summed E-state index contributed by atoms with van der Waals surface area (Å²) in [5.74, 6) is 1.12. The van der Waals surface area contributed by atoms with Crippen molar-refractivity contribution >= 4 is 5.69 Å². The van der Waals surface area contributed by atoms with E-state index in [9.17, 15) is 17.6 Å². The Hall–Kier alpha value is -3.74.